The number of non-ortho nitro benzene ring substituents is 1. The molecule has 0 N–H and O–H groups in total. The predicted molar refractivity (Wildman–Crippen MR) is 99.4 cm³/mol. The van der Waals surface area contributed by atoms with Crippen LogP contribution in [-0.4, -0.2) is 10.8 Å². The fourth-order valence-corrected chi connectivity index (χ4v) is 3.27. The minimum absolute atomic E-state index is 0.00730. The van der Waals surface area contributed by atoms with Crippen molar-refractivity contribution in [1.29, 1.82) is 0 Å². The molecule has 7 heteroatoms. The molecule has 0 spiro atoms. The van der Waals surface area contributed by atoms with Gasteiger partial charge in [-0.3, -0.25) is 14.9 Å². The number of nitrogens with zero attached hydrogens (tertiary/aromatic N) is 2. The van der Waals surface area contributed by atoms with E-state index in [9.17, 15) is 14.9 Å². The zero-order valence-electron chi connectivity index (χ0n) is 13.0. The Morgan fingerprint density at radius 3 is 2.60 bits per heavy atom. The summed E-state index contributed by atoms with van der Waals surface area (Å²) in [4.78, 5) is 25.6. The number of halogens is 1. The first-order valence-electron chi connectivity index (χ1n) is 7.39. The van der Waals surface area contributed by atoms with Crippen molar-refractivity contribution in [2.24, 2.45) is 0 Å². The summed E-state index contributed by atoms with van der Waals surface area (Å²) >= 11 is 7.41. The molecular weight excluding hydrogens is 360 g/mol. The molecule has 0 radical (unpaired) electrons. The molecule has 2 aromatic carbocycles. The molecule has 0 saturated heterocycles. The number of amides is 1. The van der Waals surface area contributed by atoms with Crippen LogP contribution < -0.4 is 4.90 Å². The molecule has 3 aromatic rings. The molecule has 0 saturated carbocycles. The largest absolute Gasteiger partial charge is 0.303 e. The normalized spacial score (nSPS) is 10.4. The maximum atomic E-state index is 12.9. The Bertz CT molecular complexity index is 912. The van der Waals surface area contributed by atoms with Crippen molar-refractivity contribution in [2.75, 3.05) is 4.90 Å². The maximum absolute atomic E-state index is 12.9. The number of thiophene rings is 1. The zero-order valence-corrected chi connectivity index (χ0v) is 14.5. The number of hydrogen-bond donors (Lipinski definition) is 0. The quantitative estimate of drug-likeness (QED) is 0.459. The Labute approximate surface area is 153 Å². The monoisotopic (exact) mass is 372 g/mol. The molecule has 1 amide bonds. The van der Waals surface area contributed by atoms with Gasteiger partial charge in [0.1, 0.15) is 0 Å². The minimum atomic E-state index is -0.450. The number of hydrogen-bond acceptors (Lipinski definition) is 4. The van der Waals surface area contributed by atoms with Gasteiger partial charge in [0.2, 0.25) is 0 Å². The lowest BCUT2D eigenvalue weighted by Crippen LogP contribution is -2.29. The predicted octanol–water partition coefficient (Wildman–Crippen LogP) is 5.16. The lowest BCUT2D eigenvalue weighted by atomic mass is 10.1. The van der Waals surface area contributed by atoms with Gasteiger partial charge in [-0.2, -0.15) is 0 Å². The Balaban J connectivity index is 1.98. The van der Waals surface area contributed by atoms with E-state index in [1.807, 2.05) is 5.38 Å². The standard InChI is InChI=1S/C18H13ClN2O3S/c19-14-5-2-6-15(11-14)20(18(22)17-8-3-9-25-17)12-13-4-1-7-16(10-13)21(23)24/h1-11H,12H2. The number of carbonyl (C=O) groups is 1. The van der Waals surface area contributed by atoms with Crippen LogP contribution in [0.15, 0.2) is 66.0 Å². The second-order valence-corrected chi connectivity index (χ2v) is 6.66. The van der Waals surface area contributed by atoms with E-state index in [1.165, 1.54) is 23.5 Å². The van der Waals surface area contributed by atoms with Crippen molar-refractivity contribution in [2.45, 2.75) is 6.54 Å². The van der Waals surface area contributed by atoms with Gasteiger partial charge in [-0.1, -0.05) is 35.9 Å². The molecule has 5 nitrogen and oxygen atoms in total. The van der Waals surface area contributed by atoms with E-state index in [0.29, 0.717) is 21.2 Å². The number of nitro groups is 1. The summed E-state index contributed by atoms with van der Waals surface area (Å²) in [6, 6.07) is 16.8. The van der Waals surface area contributed by atoms with Gasteiger partial charge in [-0.15, -0.1) is 11.3 Å². The molecule has 0 atom stereocenters. The van der Waals surface area contributed by atoms with Crippen LogP contribution >= 0.6 is 22.9 Å². The molecule has 1 aromatic heterocycles. The highest BCUT2D eigenvalue weighted by molar-refractivity contribution is 7.12. The van der Waals surface area contributed by atoms with Gasteiger partial charge in [-0.25, -0.2) is 0 Å². The number of rotatable bonds is 5. The highest BCUT2D eigenvalue weighted by Crippen LogP contribution is 2.25. The van der Waals surface area contributed by atoms with Gasteiger partial charge in [0.15, 0.2) is 0 Å². The molecule has 126 valence electrons. The van der Waals surface area contributed by atoms with Gasteiger partial charge in [-0.05, 0) is 35.2 Å². The molecule has 1 heterocycles. The van der Waals surface area contributed by atoms with Gasteiger partial charge < -0.3 is 4.90 Å². The Morgan fingerprint density at radius 1 is 1.12 bits per heavy atom. The van der Waals surface area contributed by atoms with Crippen LogP contribution in [0, 0.1) is 10.1 Å². The van der Waals surface area contributed by atoms with E-state index in [-0.39, 0.29) is 18.1 Å². The van der Waals surface area contributed by atoms with Crippen LogP contribution in [-0.2, 0) is 6.54 Å². The summed E-state index contributed by atoms with van der Waals surface area (Å²) in [5.74, 6) is -0.177. The molecular formula is C18H13ClN2O3S. The minimum Gasteiger partial charge on any atom is -0.303 e. The SMILES string of the molecule is O=C(c1cccs1)N(Cc1cccc([N+](=O)[O-])c1)c1cccc(Cl)c1. The van der Waals surface area contributed by atoms with Crippen LogP contribution in [0.25, 0.3) is 0 Å². The first-order valence-corrected chi connectivity index (χ1v) is 8.64. The second-order valence-electron chi connectivity index (χ2n) is 5.28. The van der Waals surface area contributed by atoms with Gasteiger partial charge in [0, 0.05) is 22.8 Å². The Morgan fingerprint density at radius 2 is 1.92 bits per heavy atom. The second kappa shape index (κ2) is 7.46. The van der Waals surface area contributed by atoms with Crippen molar-refractivity contribution < 1.29 is 9.72 Å². The summed E-state index contributed by atoms with van der Waals surface area (Å²) in [5.41, 5.74) is 1.30. The van der Waals surface area contributed by atoms with E-state index in [4.69, 9.17) is 11.6 Å². The fraction of sp³-hybridized carbons (Fsp3) is 0.0556. The average Bonchev–Trinajstić information content (AvgIpc) is 3.14. The van der Waals surface area contributed by atoms with Crippen molar-refractivity contribution in [1.82, 2.24) is 0 Å². The molecule has 0 fully saturated rings. The first kappa shape index (κ1) is 17.1. The van der Waals surface area contributed by atoms with Crippen molar-refractivity contribution in [3.63, 3.8) is 0 Å². The van der Waals surface area contributed by atoms with Crippen molar-refractivity contribution in [3.8, 4) is 0 Å². The van der Waals surface area contributed by atoms with E-state index in [0.717, 1.165) is 0 Å². The van der Waals surface area contributed by atoms with Gasteiger partial charge in [0.25, 0.3) is 11.6 Å². The van der Waals surface area contributed by atoms with Gasteiger partial charge >= 0.3 is 0 Å². The molecule has 0 unspecified atom stereocenters. The van der Waals surface area contributed by atoms with Crippen LogP contribution in [0.4, 0.5) is 11.4 Å². The topological polar surface area (TPSA) is 63.5 Å². The number of anilines is 1. The van der Waals surface area contributed by atoms with E-state index in [1.54, 1.807) is 53.4 Å². The summed E-state index contributed by atoms with van der Waals surface area (Å²) in [6.45, 7) is 0.207. The first-order chi connectivity index (χ1) is 12.0. The van der Waals surface area contributed by atoms with Crippen LogP contribution in [0.3, 0.4) is 0 Å². The smallest absolute Gasteiger partial charge is 0.269 e. The average molecular weight is 373 g/mol. The number of carbonyl (C=O) groups excluding carboxylic acids is 1. The lowest BCUT2D eigenvalue weighted by Gasteiger charge is -2.22. The molecule has 0 aliphatic carbocycles. The lowest BCUT2D eigenvalue weighted by molar-refractivity contribution is -0.384. The molecule has 3 rings (SSSR count). The summed E-state index contributed by atoms with van der Waals surface area (Å²) in [7, 11) is 0. The van der Waals surface area contributed by atoms with Crippen molar-refractivity contribution >= 4 is 40.2 Å². The highest BCUT2D eigenvalue weighted by atomic mass is 35.5. The molecule has 0 bridgehead atoms. The van der Waals surface area contributed by atoms with Crippen LogP contribution in [0.5, 0.6) is 0 Å². The molecule has 0 aliphatic rings. The van der Waals surface area contributed by atoms with E-state index < -0.39 is 4.92 Å². The molecule has 25 heavy (non-hydrogen) atoms. The third-order valence-corrected chi connectivity index (χ3v) is 4.65. The highest BCUT2D eigenvalue weighted by Gasteiger charge is 2.20. The van der Waals surface area contributed by atoms with Crippen LogP contribution in [0.2, 0.25) is 5.02 Å². The third-order valence-electron chi connectivity index (χ3n) is 3.56. The van der Waals surface area contributed by atoms with Crippen molar-refractivity contribution in [3.05, 3.63) is 91.6 Å². The number of benzene rings is 2. The summed E-state index contributed by atoms with van der Waals surface area (Å²) in [6.07, 6.45) is 0. The Kier molecular flexibility index (Phi) is 5.11. The van der Waals surface area contributed by atoms with Gasteiger partial charge in [0.05, 0.1) is 16.3 Å². The number of nitro benzene ring substituents is 1. The van der Waals surface area contributed by atoms with Crippen LogP contribution in [0.1, 0.15) is 15.2 Å². The van der Waals surface area contributed by atoms with E-state index in [2.05, 4.69) is 0 Å². The fourth-order valence-electron chi connectivity index (χ4n) is 2.41. The maximum Gasteiger partial charge on any atom is 0.269 e. The third kappa shape index (κ3) is 4.04. The summed E-state index contributed by atoms with van der Waals surface area (Å²) in [5, 5.41) is 13.3. The Hall–Kier alpha value is -2.70. The molecule has 0 aliphatic heterocycles. The van der Waals surface area contributed by atoms with E-state index >= 15 is 0 Å². The zero-order chi connectivity index (χ0) is 17.8. The summed E-state index contributed by atoms with van der Waals surface area (Å²) < 4.78 is 0.